The molecule has 8 N–H and O–H groups in total. The number of hydrogen-bond donors (Lipinski definition) is 4. The lowest BCUT2D eigenvalue weighted by Crippen LogP contribution is -2.47. The Labute approximate surface area is 194 Å². The van der Waals surface area contributed by atoms with Crippen LogP contribution < -0.4 is 22.9 Å². The van der Waals surface area contributed by atoms with Crippen LogP contribution in [0.4, 0.5) is 18.9 Å². The number of nitrogen functional groups attached to an aromatic ring is 1. The van der Waals surface area contributed by atoms with E-state index in [0.717, 1.165) is 11.6 Å². The number of alkyl halides is 3. The highest BCUT2D eigenvalue weighted by Gasteiger charge is 2.37. The zero-order valence-corrected chi connectivity index (χ0v) is 18.4. The largest absolute Gasteiger partial charge is 0.416 e. The number of aliphatic imine (C=N–C) groups is 1. The van der Waals surface area contributed by atoms with Gasteiger partial charge in [-0.05, 0) is 60.6 Å². The normalized spacial score (nSPS) is 15.6. The second-order valence-electron chi connectivity index (χ2n) is 8.29. The van der Waals surface area contributed by atoms with Gasteiger partial charge in [-0.1, -0.05) is 18.2 Å². The number of nitrogens with zero attached hydrogens (tertiary/aromatic N) is 2. The first kappa shape index (κ1) is 25.0. The summed E-state index contributed by atoms with van der Waals surface area (Å²) in [5.41, 5.74) is 22.4. The molecular formula is C23H27F3N6O2. The molecule has 3 rings (SSSR count). The average molecular weight is 477 g/mol. The van der Waals surface area contributed by atoms with E-state index in [9.17, 15) is 22.8 Å². The molecule has 1 fully saturated rings. The molecule has 2 amide bonds. The monoisotopic (exact) mass is 476 g/mol. The van der Waals surface area contributed by atoms with E-state index in [1.54, 1.807) is 29.2 Å². The van der Waals surface area contributed by atoms with Crippen LogP contribution in [0.15, 0.2) is 47.5 Å². The van der Waals surface area contributed by atoms with Crippen LogP contribution in [-0.4, -0.2) is 41.8 Å². The molecule has 2 aromatic rings. The molecule has 0 aliphatic carbocycles. The van der Waals surface area contributed by atoms with Gasteiger partial charge in [-0.2, -0.15) is 18.2 Å². The van der Waals surface area contributed by atoms with Crippen molar-refractivity contribution in [3.05, 3.63) is 64.7 Å². The van der Waals surface area contributed by atoms with Crippen LogP contribution in [-0.2, 0) is 17.4 Å². The SMILES string of the molecule is NC(N)=NC(=O)c1ccc(C2CCN(C(=O)C(N)Cc3ccc(N)cc3)CC2)c(C(F)(F)F)c1. The summed E-state index contributed by atoms with van der Waals surface area (Å²) in [4.78, 5) is 29.6. The van der Waals surface area contributed by atoms with Crippen molar-refractivity contribution in [1.29, 1.82) is 0 Å². The molecule has 34 heavy (non-hydrogen) atoms. The maximum absolute atomic E-state index is 13.8. The Hall–Kier alpha value is -3.60. The molecule has 8 nitrogen and oxygen atoms in total. The Balaban J connectivity index is 1.70. The molecule has 1 saturated heterocycles. The lowest BCUT2D eigenvalue weighted by atomic mass is 9.85. The highest BCUT2D eigenvalue weighted by molar-refractivity contribution is 6.02. The van der Waals surface area contributed by atoms with Gasteiger partial charge < -0.3 is 27.8 Å². The van der Waals surface area contributed by atoms with E-state index in [1.165, 1.54) is 12.1 Å². The zero-order chi connectivity index (χ0) is 25.0. The van der Waals surface area contributed by atoms with Crippen molar-refractivity contribution >= 4 is 23.5 Å². The molecule has 1 heterocycles. The lowest BCUT2D eigenvalue weighted by Gasteiger charge is -2.34. The van der Waals surface area contributed by atoms with E-state index in [0.29, 0.717) is 24.9 Å². The Morgan fingerprint density at radius 1 is 1.06 bits per heavy atom. The van der Waals surface area contributed by atoms with Crippen molar-refractivity contribution in [2.75, 3.05) is 18.8 Å². The molecule has 0 saturated carbocycles. The van der Waals surface area contributed by atoms with Gasteiger partial charge >= 0.3 is 6.18 Å². The molecular weight excluding hydrogens is 449 g/mol. The molecule has 0 aromatic heterocycles. The summed E-state index contributed by atoms with van der Waals surface area (Å²) >= 11 is 0. The Morgan fingerprint density at radius 3 is 2.24 bits per heavy atom. The van der Waals surface area contributed by atoms with Crippen molar-refractivity contribution in [3.8, 4) is 0 Å². The first-order valence-corrected chi connectivity index (χ1v) is 10.7. The molecule has 11 heteroatoms. The van der Waals surface area contributed by atoms with Crippen LogP contribution in [0.1, 0.15) is 45.8 Å². The number of anilines is 1. The topological polar surface area (TPSA) is 154 Å². The van der Waals surface area contributed by atoms with Crippen LogP contribution in [0.25, 0.3) is 0 Å². The van der Waals surface area contributed by atoms with Gasteiger partial charge in [0.2, 0.25) is 5.91 Å². The molecule has 1 atom stereocenters. The van der Waals surface area contributed by atoms with Crippen LogP contribution >= 0.6 is 0 Å². The van der Waals surface area contributed by atoms with Crippen molar-refractivity contribution in [3.63, 3.8) is 0 Å². The molecule has 1 aliphatic rings. The fourth-order valence-electron chi connectivity index (χ4n) is 4.11. The smallest absolute Gasteiger partial charge is 0.399 e. The number of likely N-dealkylation sites (tertiary alicyclic amines) is 1. The van der Waals surface area contributed by atoms with Crippen molar-refractivity contribution in [2.45, 2.75) is 37.4 Å². The quantitative estimate of drug-likeness (QED) is 0.294. The van der Waals surface area contributed by atoms with E-state index >= 15 is 0 Å². The van der Waals surface area contributed by atoms with Gasteiger partial charge in [-0.15, -0.1) is 0 Å². The van der Waals surface area contributed by atoms with Crippen molar-refractivity contribution in [2.24, 2.45) is 22.2 Å². The number of piperidine rings is 1. The van der Waals surface area contributed by atoms with Gasteiger partial charge in [0.05, 0.1) is 11.6 Å². The molecule has 0 radical (unpaired) electrons. The highest BCUT2D eigenvalue weighted by Crippen LogP contribution is 2.39. The standard InChI is InChI=1S/C23H27F3N6O2/c24-23(25,26)18-12-15(20(33)31-22(29)30)3-6-17(18)14-7-9-32(10-8-14)21(34)19(28)11-13-1-4-16(27)5-2-13/h1-6,12,14,19H,7-11,27-28H2,(H4,29,30,31,33). The Morgan fingerprint density at radius 2 is 1.68 bits per heavy atom. The fourth-order valence-corrected chi connectivity index (χ4v) is 4.11. The molecule has 1 aliphatic heterocycles. The summed E-state index contributed by atoms with van der Waals surface area (Å²) in [6.07, 6.45) is -3.66. The minimum Gasteiger partial charge on any atom is -0.399 e. The summed E-state index contributed by atoms with van der Waals surface area (Å²) in [6, 6.07) is 9.63. The number of nitrogens with two attached hydrogens (primary N) is 4. The maximum Gasteiger partial charge on any atom is 0.416 e. The third-order valence-corrected chi connectivity index (χ3v) is 5.84. The Kier molecular flexibility index (Phi) is 7.45. The molecule has 2 aromatic carbocycles. The number of amides is 2. The molecule has 0 spiro atoms. The second kappa shape index (κ2) is 10.1. The maximum atomic E-state index is 13.8. The van der Waals surface area contributed by atoms with E-state index in [1.807, 2.05) is 0 Å². The van der Waals surface area contributed by atoms with Gasteiger partial charge in [0.25, 0.3) is 5.91 Å². The first-order valence-electron chi connectivity index (χ1n) is 10.7. The van der Waals surface area contributed by atoms with E-state index in [2.05, 4.69) is 4.99 Å². The number of benzene rings is 2. The number of carbonyl (C=O) groups excluding carboxylic acids is 2. The summed E-state index contributed by atoms with van der Waals surface area (Å²) in [5.74, 6) is -2.16. The van der Waals surface area contributed by atoms with Crippen molar-refractivity contribution < 1.29 is 22.8 Å². The first-order chi connectivity index (χ1) is 16.0. The number of guanidine groups is 1. The van der Waals surface area contributed by atoms with E-state index in [-0.39, 0.29) is 30.1 Å². The second-order valence-corrected chi connectivity index (χ2v) is 8.29. The van der Waals surface area contributed by atoms with Crippen molar-refractivity contribution in [1.82, 2.24) is 4.90 Å². The molecule has 182 valence electrons. The summed E-state index contributed by atoms with van der Waals surface area (Å²) in [7, 11) is 0. The average Bonchev–Trinajstić information content (AvgIpc) is 2.78. The number of halogens is 3. The molecule has 0 bridgehead atoms. The third kappa shape index (κ3) is 6.04. The summed E-state index contributed by atoms with van der Waals surface area (Å²) in [5, 5.41) is 0. The van der Waals surface area contributed by atoms with Gasteiger partial charge in [-0.25, -0.2) is 0 Å². The van der Waals surface area contributed by atoms with Gasteiger partial charge in [0.15, 0.2) is 5.96 Å². The fraction of sp³-hybridized carbons (Fsp3) is 0.348. The van der Waals surface area contributed by atoms with Gasteiger partial charge in [-0.3, -0.25) is 9.59 Å². The highest BCUT2D eigenvalue weighted by atomic mass is 19.4. The summed E-state index contributed by atoms with van der Waals surface area (Å²) in [6.45, 7) is 0.565. The van der Waals surface area contributed by atoms with Crippen LogP contribution in [0.3, 0.4) is 0 Å². The zero-order valence-electron chi connectivity index (χ0n) is 18.4. The summed E-state index contributed by atoms with van der Waals surface area (Å²) < 4.78 is 41.3. The molecule has 1 unspecified atom stereocenters. The minimum atomic E-state index is -4.67. The van der Waals surface area contributed by atoms with Crippen LogP contribution in [0.2, 0.25) is 0 Å². The van der Waals surface area contributed by atoms with Crippen LogP contribution in [0.5, 0.6) is 0 Å². The number of hydrogen-bond acceptors (Lipinski definition) is 4. The van der Waals surface area contributed by atoms with Gasteiger partial charge in [0.1, 0.15) is 0 Å². The predicted octanol–water partition coefficient (Wildman–Crippen LogP) is 1.98. The van der Waals surface area contributed by atoms with E-state index in [4.69, 9.17) is 22.9 Å². The predicted molar refractivity (Wildman–Crippen MR) is 123 cm³/mol. The van der Waals surface area contributed by atoms with Crippen LogP contribution in [0, 0.1) is 0 Å². The Bertz CT molecular complexity index is 1070. The number of rotatable bonds is 5. The minimum absolute atomic E-state index is 0.0759. The van der Waals surface area contributed by atoms with Gasteiger partial charge in [0, 0.05) is 24.3 Å². The number of carbonyl (C=O) groups is 2. The van der Waals surface area contributed by atoms with E-state index < -0.39 is 35.6 Å². The lowest BCUT2D eigenvalue weighted by molar-refractivity contribution is -0.139. The third-order valence-electron chi connectivity index (χ3n) is 5.84.